The highest BCUT2D eigenvalue weighted by atomic mass is 28.4. The highest BCUT2D eigenvalue weighted by Gasteiger charge is 2.38. The fraction of sp³-hybridized carbons (Fsp3) is 0.632. The van der Waals surface area contributed by atoms with Crippen LogP contribution in [0, 0.1) is 11.8 Å². The van der Waals surface area contributed by atoms with Gasteiger partial charge in [0.2, 0.25) is 0 Å². The highest BCUT2D eigenvalue weighted by molar-refractivity contribution is 6.74. The Kier molecular flexibility index (Phi) is 6.75. The van der Waals surface area contributed by atoms with Crippen molar-refractivity contribution in [1.82, 2.24) is 0 Å². The molecule has 0 aliphatic heterocycles. The van der Waals surface area contributed by atoms with Crippen molar-refractivity contribution in [1.29, 1.82) is 0 Å². The Morgan fingerprint density at radius 3 is 2.17 bits per heavy atom. The highest BCUT2D eigenvalue weighted by Crippen LogP contribution is 2.37. The molecule has 0 aromatic heterocycles. The zero-order chi connectivity index (χ0) is 17.8. The maximum Gasteiger partial charge on any atom is 0.192 e. The monoisotopic (exact) mass is 336 g/mol. The molecular weight excluding hydrogens is 304 g/mol. The molecule has 23 heavy (non-hydrogen) atoms. The van der Waals surface area contributed by atoms with Crippen LogP contribution in [0.4, 0.5) is 0 Å². The van der Waals surface area contributed by atoms with Gasteiger partial charge in [0.15, 0.2) is 8.32 Å². The molecule has 0 aliphatic rings. The van der Waals surface area contributed by atoms with Gasteiger partial charge in [-0.2, -0.15) is 0 Å². The number of aliphatic hydroxyl groups excluding tert-OH is 1. The summed E-state index contributed by atoms with van der Waals surface area (Å²) in [5.74, 6) is -0.590. The lowest BCUT2D eigenvalue weighted by Crippen LogP contribution is -2.42. The number of benzene rings is 1. The number of hydrogen-bond acceptors (Lipinski definition) is 3. The molecule has 1 N–H and O–H groups in total. The van der Waals surface area contributed by atoms with Gasteiger partial charge in [-0.1, -0.05) is 65.0 Å². The van der Waals surface area contributed by atoms with Crippen LogP contribution in [-0.4, -0.2) is 25.8 Å². The Hall–Kier alpha value is -0.973. The number of ketones is 1. The second kappa shape index (κ2) is 7.73. The van der Waals surface area contributed by atoms with Crippen LogP contribution in [-0.2, 0) is 9.22 Å². The van der Waals surface area contributed by atoms with Crippen molar-refractivity contribution in [3.8, 4) is 0 Å². The summed E-state index contributed by atoms with van der Waals surface area (Å²) in [7, 11) is -1.85. The minimum absolute atomic E-state index is 0.0556. The van der Waals surface area contributed by atoms with Gasteiger partial charge in [-0.3, -0.25) is 4.79 Å². The molecule has 1 aromatic carbocycles. The molecule has 3 nitrogen and oxygen atoms in total. The molecule has 0 unspecified atom stereocenters. The molecule has 0 radical (unpaired) electrons. The number of aliphatic hydroxyl groups is 1. The molecule has 0 saturated carbocycles. The van der Waals surface area contributed by atoms with Gasteiger partial charge >= 0.3 is 0 Å². The third kappa shape index (κ3) is 5.26. The topological polar surface area (TPSA) is 46.5 Å². The van der Waals surface area contributed by atoms with E-state index in [1.54, 1.807) is 6.92 Å². The van der Waals surface area contributed by atoms with E-state index in [-0.39, 0.29) is 16.7 Å². The summed E-state index contributed by atoms with van der Waals surface area (Å²) in [4.78, 5) is 12.6. The molecule has 0 aliphatic carbocycles. The minimum Gasteiger partial charge on any atom is -0.416 e. The van der Waals surface area contributed by atoms with E-state index in [9.17, 15) is 9.90 Å². The smallest absolute Gasteiger partial charge is 0.192 e. The fourth-order valence-corrected chi connectivity index (χ4v) is 3.27. The van der Waals surface area contributed by atoms with Gasteiger partial charge in [0.1, 0.15) is 5.78 Å². The second-order valence-electron chi connectivity index (χ2n) is 8.02. The summed E-state index contributed by atoms with van der Waals surface area (Å²) in [6.45, 7) is 15.1. The summed E-state index contributed by atoms with van der Waals surface area (Å²) in [5.41, 5.74) is 0.783. The summed E-state index contributed by atoms with van der Waals surface area (Å²) >= 11 is 0. The maximum atomic E-state index is 12.6. The van der Waals surface area contributed by atoms with Crippen LogP contribution in [0.2, 0.25) is 18.1 Å². The average molecular weight is 337 g/mol. The lowest BCUT2D eigenvalue weighted by Gasteiger charge is -2.37. The first-order valence-electron chi connectivity index (χ1n) is 8.38. The van der Waals surface area contributed by atoms with Crippen LogP contribution >= 0.6 is 0 Å². The third-order valence-corrected chi connectivity index (χ3v) is 9.55. The van der Waals surface area contributed by atoms with E-state index in [0.717, 1.165) is 5.56 Å². The van der Waals surface area contributed by atoms with Gasteiger partial charge in [0, 0.05) is 18.4 Å². The summed E-state index contributed by atoms with van der Waals surface area (Å²) in [6, 6.07) is 9.36. The van der Waals surface area contributed by atoms with Gasteiger partial charge in [-0.15, -0.1) is 0 Å². The molecule has 130 valence electrons. The second-order valence-corrected chi connectivity index (χ2v) is 12.8. The predicted molar refractivity (Wildman–Crippen MR) is 97.9 cm³/mol. The van der Waals surface area contributed by atoms with E-state index in [2.05, 4.69) is 33.9 Å². The number of carbonyl (C=O) groups is 1. The first-order chi connectivity index (χ1) is 10.5. The van der Waals surface area contributed by atoms with E-state index in [1.807, 2.05) is 37.3 Å². The Morgan fingerprint density at radius 1 is 1.17 bits per heavy atom. The lowest BCUT2D eigenvalue weighted by molar-refractivity contribution is -0.130. The van der Waals surface area contributed by atoms with E-state index in [4.69, 9.17) is 4.43 Å². The molecule has 1 aromatic rings. The predicted octanol–water partition coefficient (Wildman–Crippen LogP) is 4.58. The van der Waals surface area contributed by atoms with Gasteiger partial charge in [0.25, 0.3) is 0 Å². The molecule has 0 bridgehead atoms. The first kappa shape index (κ1) is 20.1. The number of Topliss-reactive ketones (excluding diaryl/α,β-unsaturated/α-hetero) is 1. The van der Waals surface area contributed by atoms with Crippen molar-refractivity contribution in [2.24, 2.45) is 11.8 Å². The standard InChI is InChI=1S/C19H32O3Si/c1-14(13-22-23(6,7)19(3,4)5)17(20)15(2)18(21)16-11-9-8-10-12-16/h8-12,14-15,18,21H,13H2,1-7H3/t14-,15-,18+/m1/s1. The van der Waals surface area contributed by atoms with Crippen molar-refractivity contribution in [2.75, 3.05) is 6.61 Å². The fourth-order valence-electron chi connectivity index (χ4n) is 2.18. The Balaban J connectivity index is 2.66. The molecule has 4 heteroatoms. The van der Waals surface area contributed by atoms with Gasteiger partial charge < -0.3 is 9.53 Å². The Bertz CT molecular complexity index is 505. The van der Waals surface area contributed by atoms with Crippen LogP contribution in [0.25, 0.3) is 0 Å². The lowest BCUT2D eigenvalue weighted by atomic mass is 9.88. The molecule has 0 fully saturated rings. The summed E-state index contributed by atoms with van der Waals surface area (Å²) in [6.07, 6.45) is -0.765. The molecular formula is C19H32O3Si. The SMILES string of the molecule is C[C@H](CO[Si](C)(C)C(C)(C)C)C(=O)[C@@H](C)[C@H](O)c1ccccc1. The van der Waals surface area contributed by atoms with Crippen LogP contribution < -0.4 is 0 Å². The van der Waals surface area contributed by atoms with Crippen molar-refractivity contribution in [3.63, 3.8) is 0 Å². The van der Waals surface area contributed by atoms with Crippen LogP contribution in [0.5, 0.6) is 0 Å². The van der Waals surface area contributed by atoms with Crippen LogP contribution in [0.3, 0.4) is 0 Å². The van der Waals surface area contributed by atoms with Crippen molar-refractivity contribution in [3.05, 3.63) is 35.9 Å². The molecule has 1 rings (SSSR count). The van der Waals surface area contributed by atoms with Crippen LogP contribution in [0.1, 0.15) is 46.3 Å². The number of carbonyl (C=O) groups excluding carboxylic acids is 1. The van der Waals surface area contributed by atoms with Gasteiger partial charge in [-0.05, 0) is 23.7 Å². The van der Waals surface area contributed by atoms with Crippen molar-refractivity contribution >= 4 is 14.1 Å². The number of rotatable bonds is 7. The van der Waals surface area contributed by atoms with E-state index >= 15 is 0 Å². The quantitative estimate of drug-likeness (QED) is 0.741. The maximum absolute atomic E-state index is 12.6. The van der Waals surface area contributed by atoms with Gasteiger partial charge in [0.05, 0.1) is 6.10 Å². The average Bonchev–Trinajstić information content (AvgIpc) is 2.50. The Labute approximate surface area is 142 Å². The minimum atomic E-state index is -1.85. The van der Waals surface area contributed by atoms with Gasteiger partial charge in [-0.25, -0.2) is 0 Å². The number of hydrogen-bond donors (Lipinski definition) is 1. The largest absolute Gasteiger partial charge is 0.416 e. The zero-order valence-electron chi connectivity index (χ0n) is 15.6. The Morgan fingerprint density at radius 2 is 1.70 bits per heavy atom. The zero-order valence-corrected chi connectivity index (χ0v) is 16.6. The van der Waals surface area contributed by atoms with Crippen LogP contribution in [0.15, 0.2) is 30.3 Å². The van der Waals surface area contributed by atoms with Crippen molar-refractivity contribution in [2.45, 2.75) is 58.9 Å². The van der Waals surface area contributed by atoms with E-state index < -0.39 is 20.3 Å². The molecule has 0 heterocycles. The molecule has 0 spiro atoms. The first-order valence-corrected chi connectivity index (χ1v) is 11.3. The summed E-state index contributed by atoms with van der Waals surface area (Å²) in [5, 5.41) is 10.5. The molecule has 0 amide bonds. The molecule has 3 atom stereocenters. The normalized spacial score (nSPS) is 16.7. The third-order valence-electron chi connectivity index (χ3n) is 5.05. The van der Waals surface area contributed by atoms with Crippen molar-refractivity contribution < 1.29 is 14.3 Å². The summed E-state index contributed by atoms with van der Waals surface area (Å²) < 4.78 is 6.15. The molecule has 0 saturated heterocycles. The van der Waals surface area contributed by atoms with E-state index in [1.165, 1.54) is 0 Å². The van der Waals surface area contributed by atoms with E-state index in [0.29, 0.717) is 6.61 Å².